The SMILES string of the molecule is COc1cc(-c2oc3cc(O)c(CCCCCCCCCCCCO)c(OC)c3c(=O)c2O)ccc1O. The van der Waals surface area contributed by atoms with Crippen LogP contribution in [0.5, 0.6) is 28.7 Å². The lowest BCUT2D eigenvalue weighted by atomic mass is 10.00. The summed E-state index contributed by atoms with van der Waals surface area (Å²) in [5.74, 6) is -0.447. The fraction of sp³-hybridized carbons (Fsp3) is 0.483. The first-order valence-electron chi connectivity index (χ1n) is 13.0. The first-order chi connectivity index (χ1) is 17.9. The lowest BCUT2D eigenvalue weighted by molar-refractivity contribution is 0.282. The summed E-state index contributed by atoms with van der Waals surface area (Å²) < 4.78 is 16.5. The van der Waals surface area contributed by atoms with E-state index in [1.165, 1.54) is 64.2 Å². The molecular weight excluding hydrogens is 476 g/mol. The molecule has 0 atom stereocenters. The molecule has 3 aromatic rings. The van der Waals surface area contributed by atoms with Crippen LogP contribution in [0.2, 0.25) is 0 Å². The number of aliphatic hydroxyl groups excluding tert-OH is 1. The van der Waals surface area contributed by atoms with E-state index in [2.05, 4.69) is 0 Å². The summed E-state index contributed by atoms with van der Waals surface area (Å²) in [6.45, 7) is 0.278. The number of fused-ring (bicyclic) bond motifs is 1. The van der Waals surface area contributed by atoms with E-state index in [1.807, 2.05) is 0 Å². The molecule has 0 aliphatic carbocycles. The van der Waals surface area contributed by atoms with Crippen LogP contribution in [0, 0.1) is 0 Å². The third-order valence-electron chi connectivity index (χ3n) is 6.67. The van der Waals surface area contributed by atoms with E-state index in [9.17, 15) is 20.1 Å². The topological polar surface area (TPSA) is 130 Å². The lowest BCUT2D eigenvalue weighted by Gasteiger charge is -2.15. The van der Waals surface area contributed by atoms with Crippen LogP contribution < -0.4 is 14.9 Å². The van der Waals surface area contributed by atoms with Crippen LogP contribution in [0.3, 0.4) is 0 Å². The average molecular weight is 515 g/mol. The maximum absolute atomic E-state index is 13.2. The first kappa shape index (κ1) is 28.2. The molecule has 0 radical (unpaired) electrons. The largest absolute Gasteiger partial charge is 0.507 e. The Kier molecular flexibility index (Phi) is 10.5. The van der Waals surface area contributed by atoms with E-state index in [4.69, 9.17) is 19.0 Å². The Labute approximate surface area is 217 Å². The molecule has 1 heterocycles. The molecule has 4 N–H and O–H groups in total. The zero-order valence-electron chi connectivity index (χ0n) is 21.7. The molecule has 3 rings (SSSR count). The van der Waals surface area contributed by atoms with Crippen LogP contribution >= 0.6 is 0 Å². The standard InChI is InChI=1S/C29H38O8/c1-35-23-17-19(14-15-21(23)31)28-27(34)26(33)25-24(37-28)18-22(32)20(29(25)36-2)13-11-9-7-5-3-4-6-8-10-12-16-30/h14-15,17-18,30-32,34H,3-13,16H2,1-2H3. The van der Waals surface area contributed by atoms with Crippen LogP contribution in [-0.4, -0.2) is 41.3 Å². The van der Waals surface area contributed by atoms with Crippen molar-refractivity contribution in [2.45, 2.75) is 70.6 Å². The van der Waals surface area contributed by atoms with E-state index in [0.717, 1.165) is 38.5 Å². The van der Waals surface area contributed by atoms with E-state index in [1.54, 1.807) is 0 Å². The minimum Gasteiger partial charge on any atom is -0.507 e. The quantitative estimate of drug-likeness (QED) is 0.181. The Balaban J connectivity index is 1.72. The molecule has 0 fully saturated rings. The number of methoxy groups -OCH3 is 2. The van der Waals surface area contributed by atoms with Crippen molar-refractivity contribution in [3.8, 4) is 40.1 Å². The Bertz CT molecular complexity index is 1230. The minimum absolute atomic E-state index is 0.0321. The molecule has 1 aromatic heterocycles. The highest BCUT2D eigenvalue weighted by atomic mass is 16.5. The molecule has 0 spiro atoms. The Morgan fingerprint density at radius 2 is 1.41 bits per heavy atom. The number of benzene rings is 2. The van der Waals surface area contributed by atoms with Gasteiger partial charge in [-0.1, -0.05) is 51.4 Å². The normalized spacial score (nSPS) is 11.2. The van der Waals surface area contributed by atoms with Gasteiger partial charge in [-0.3, -0.25) is 4.79 Å². The molecule has 0 aliphatic rings. The van der Waals surface area contributed by atoms with E-state index < -0.39 is 11.2 Å². The predicted molar refractivity (Wildman–Crippen MR) is 143 cm³/mol. The minimum atomic E-state index is -0.666. The Morgan fingerprint density at radius 3 is 2.00 bits per heavy atom. The molecule has 0 saturated heterocycles. The van der Waals surface area contributed by atoms with Gasteiger partial charge in [-0.15, -0.1) is 0 Å². The van der Waals surface area contributed by atoms with Crippen molar-refractivity contribution in [1.82, 2.24) is 0 Å². The van der Waals surface area contributed by atoms with Crippen LogP contribution in [-0.2, 0) is 6.42 Å². The van der Waals surface area contributed by atoms with Gasteiger partial charge in [-0.2, -0.15) is 0 Å². The summed E-state index contributed by atoms with van der Waals surface area (Å²) in [5.41, 5.74) is 0.269. The maximum atomic E-state index is 13.2. The van der Waals surface area contributed by atoms with Gasteiger partial charge in [0, 0.05) is 23.8 Å². The molecule has 0 unspecified atom stereocenters. The molecular formula is C29H38O8. The van der Waals surface area contributed by atoms with E-state index >= 15 is 0 Å². The summed E-state index contributed by atoms with van der Waals surface area (Å²) >= 11 is 0. The fourth-order valence-electron chi connectivity index (χ4n) is 4.65. The third kappa shape index (κ3) is 6.89. The monoisotopic (exact) mass is 514 g/mol. The van der Waals surface area contributed by atoms with Crippen LogP contribution in [0.4, 0.5) is 0 Å². The van der Waals surface area contributed by atoms with Crippen molar-refractivity contribution in [3.63, 3.8) is 0 Å². The Hall–Kier alpha value is -3.39. The van der Waals surface area contributed by atoms with Crippen molar-refractivity contribution >= 4 is 11.0 Å². The molecule has 0 aliphatic heterocycles. The average Bonchev–Trinajstić information content (AvgIpc) is 2.89. The summed E-state index contributed by atoms with van der Waals surface area (Å²) in [4.78, 5) is 13.2. The number of aromatic hydroxyl groups is 3. The highest BCUT2D eigenvalue weighted by Crippen LogP contribution is 2.41. The summed E-state index contributed by atoms with van der Waals surface area (Å²) in [6, 6.07) is 5.69. The van der Waals surface area contributed by atoms with E-state index in [0.29, 0.717) is 17.5 Å². The summed E-state index contributed by atoms with van der Waals surface area (Å²) in [7, 11) is 2.82. The second-order valence-electron chi connectivity index (χ2n) is 9.29. The second-order valence-corrected chi connectivity index (χ2v) is 9.29. The van der Waals surface area contributed by atoms with Gasteiger partial charge in [-0.05, 0) is 37.5 Å². The van der Waals surface area contributed by atoms with Gasteiger partial charge in [0.25, 0.3) is 0 Å². The van der Waals surface area contributed by atoms with Gasteiger partial charge in [0.15, 0.2) is 17.3 Å². The van der Waals surface area contributed by atoms with Crippen molar-refractivity contribution < 1.29 is 34.3 Å². The number of unbranched alkanes of at least 4 members (excludes halogenated alkanes) is 9. The summed E-state index contributed by atoms with van der Waals surface area (Å²) in [6.07, 6.45) is 11.4. The van der Waals surface area contributed by atoms with Crippen molar-refractivity contribution in [1.29, 1.82) is 0 Å². The maximum Gasteiger partial charge on any atom is 0.238 e. The molecule has 202 valence electrons. The van der Waals surface area contributed by atoms with Crippen LogP contribution in [0.25, 0.3) is 22.3 Å². The molecule has 37 heavy (non-hydrogen) atoms. The van der Waals surface area contributed by atoms with Gasteiger partial charge in [0.1, 0.15) is 22.5 Å². The number of rotatable bonds is 15. The van der Waals surface area contributed by atoms with Gasteiger partial charge in [0.05, 0.1) is 14.2 Å². The molecule has 0 bridgehead atoms. The number of hydrogen-bond donors (Lipinski definition) is 4. The first-order valence-corrected chi connectivity index (χ1v) is 13.0. The number of ether oxygens (including phenoxy) is 2. The second kappa shape index (κ2) is 13.8. The molecule has 0 amide bonds. The fourth-order valence-corrected chi connectivity index (χ4v) is 4.65. The van der Waals surface area contributed by atoms with Crippen LogP contribution in [0.15, 0.2) is 33.5 Å². The van der Waals surface area contributed by atoms with Gasteiger partial charge >= 0.3 is 0 Å². The number of phenols is 2. The van der Waals surface area contributed by atoms with E-state index in [-0.39, 0.29) is 46.3 Å². The van der Waals surface area contributed by atoms with Gasteiger partial charge in [0.2, 0.25) is 11.2 Å². The number of phenolic OH excluding ortho intramolecular Hbond substituents is 2. The van der Waals surface area contributed by atoms with Gasteiger partial charge in [-0.25, -0.2) is 0 Å². The zero-order chi connectivity index (χ0) is 26.8. The third-order valence-corrected chi connectivity index (χ3v) is 6.67. The highest BCUT2D eigenvalue weighted by Gasteiger charge is 2.23. The molecule has 2 aromatic carbocycles. The van der Waals surface area contributed by atoms with Gasteiger partial charge < -0.3 is 34.3 Å². The lowest BCUT2D eigenvalue weighted by Crippen LogP contribution is -2.07. The molecule has 8 heteroatoms. The van der Waals surface area contributed by atoms with Crippen molar-refractivity contribution in [2.24, 2.45) is 0 Å². The number of hydrogen-bond acceptors (Lipinski definition) is 8. The highest BCUT2D eigenvalue weighted by molar-refractivity contribution is 5.90. The summed E-state index contributed by atoms with van der Waals surface area (Å²) in [5, 5.41) is 40.2. The number of aliphatic hydroxyl groups is 1. The van der Waals surface area contributed by atoms with Crippen molar-refractivity contribution in [3.05, 3.63) is 40.1 Å². The predicted octanol–water partition coefficient (Wildman–Crippen LogP) is 6.03. The van der Waals surface area contributed by atoms with Crippen molar-refractivity contribution in [2.75, 3.05) is 20.8 Å². The molecule has 8 nitrogen and oxygen atoms in total. The smallest absolute Gasteiger partial charge is 0.238 e. The zero-order valence-corrected chi connectivity index (χ0v) is 21.7. The molecule has 0 saturated carbocycles. The Morgan fingerprint density at radius 1 is 0.784 bits per heavy atom. The van der Waals surface area contributed by atoms with Crippen LogP contribution in [0.1, 0.15) is 69.8 Å².